The Morgan fingerprint density at radius 1 is 1.26 bits per heavy atom. The standard InChI is InChI=1S/C17H19N5O/c23-16-14-11-18-21-15(14)19-17(20-16)22-10-4-7-13(22)9-8-12-5-2-1-3-6-12/h1-3,5-6,11,13H,4,7-10H2,(H2,18,19,20,21,23). The van der Waals surface area contributed by atoms with Crippen molar-refractivity contribution in [3.8, 4) is 0 Å². The Morgan fingerprint density at radius 3 is 3.00 bits per heavy atom. The number of aromatic nitrogens is 4. The van der Waals surface area contributed by atoms with Gasteiger partial charge in [0.25, 0.3) is 5.56 Å². The molecule has 0 spiro atoms. The smallest absolute Gasteiger partial charge is 0.263 e. The summed E-state index contributed by atoms with van der Waals surface area (Å²) in [6.07, 6.45) is 5.89. The van der Waals surface area contributed by atoms with E-state index in [1.165, 1.54) is 11.8 Å². The molecule has 6 heteroatoms. The molecule has 1 saturated heterocycles. The summed E-state index contributed by atoms with van der Waals surface area (Å²) < 4.78 is 0. The van der Waals surface area contributed by atoms with E-state index >= 15 is 0 Å². The largest absolute Gasteiger partial charge is 0.339 e. The maximum atomic E-state index is 12.1. The summed E-state index contributed by atoms with van der Waals surface area (Å²) in [5, 5.41) is 7.20. The molecule has 0 aliphatic carbocycles. The monoisotopic (exact) mass is 309 g/mol. The number of nitrogens with zero attached hydrogens (tertiary/aromatic N) is 3. The molecule has 1 aliphatic heterocycles. The molecule has 1 unspecified atom stereocenters. The van der Waals surface area contributed by atoms with E-state index < -0.39 is 0 Å². The zero-order valence-electron chi connectivity index (χ0n) is 12.8. The molecule has 3 aromatic rings. The van der Waals surface area contributed by atoms with Gasteiger partial charge in [0.15, 0.2) is 5.65 Å². The van der Waals surface area contributed by atoms with Crippen LogP contribution in [0.4, 0.5) is 5.95 Å². The van der Waals surface area contributed by atoms with Crippen molar-refractivity contribution in [2.75, 3.05) is 11.4 Å². The van der Waals surface area contributed by atoms with E-state index in [0.29, 0.717) is 23.0 Å². The first-order chi connectivity index (χ1) is 11.3. The number of rotatable bonds is 4. The fourth-order valence-electron chi connectivity index (χ4n) is 3.36. The van der Waals surface area contributed by atoms with Crippen LogP contribution in [0.3, 0.4) is 0 Å². The van der Waals surface area contributed by atoms with Gasteiger partial charge >= 0.3 is 0 Å². The fourth-order valence-corrected chi connectivity index (χ4v) is 3.36. The maximum Gasteiger partial charge on any atom is 0.263 e. The van der Waals surface area contributed by atoms with Crippen molar-refractivity contribution < 1.29 is 0 Å². The minimum Gasteiger partial charge on any atom is -0.339 e. The molecule has 2 N–H and O–H groups in total. The molecule has 6 nitrogen and oxygen atoms in total. The van der Waals surface area contributed by atoms with Gasteiger partial charge in [0.2, 0.25) is 5.95 Å². The Morgan fingerprint density at radius 2 is 2.13 bits per heavy atom. The molecule has 0 bridgehead atoms. The minimum absolute atomic E-state index is 0.132. The van der Waals surface area contributed by atoms with Crippen molar-refractivity contribution >= 4 is 17.0 Å². The maximum absolute atomic E-state index is 12.1. The molecular formula is C17H19N5O. The van der Waals surface area contributed by atoms with Crippen LogP contribution in [0.15, 0.2) is 41.3 Å². The molecular weight excluding hydrogens is 290 g/mol. The zero-order chi connectivity index (χ0) is 15.6. The summed E-state index contributed by atoms with van der Waals surface area (Å²) in [5.74, 6) is 0.655. The van der Waals surface area contributed by atoms with Crippen LogP contribution in [-0.2, 0) is 6.42 Å². The molecule has 0 radical (unpaired) electrons. The lowest BCUT2D eigenvalue weighted by Gasteiger charge is -2.25. The highest BCUT2D eigenvalue weighted by molar-refractivity contribution is 5.73. The van der Waals surface area contributed by atoms with Crippen molar-refractivity contribution in [3.05, 3.63) is 52.4 Å². The van der Waals surface area contributed by atoms with E-state index in [4.69, 9.17) is 0 Å². The lowest BCUT2D eigenvalue weighted by atomic mass is 10.0. The van der Waals surface area contributed by atoms with Crippen LogP contribution in [0.2, 0.25) is 0 Å². The summed E-state index contributed by atoms with van der Waals surface area (Å²) in [7, 11) is 0. The first kappa shape index (κ1) is 14.0. The van der Waals surface area contributed by atoms with Crippen LogP contribution < -0.4 is 10.5 Å². The molecule has 0 saturated carbocycles. The lowest BCUT2D eigenvalue weighted by molar-refractivity contribution is 0.601. The van der Waals surface area contributed by atoms with E-state index in [-0.39, 0.29) is 5.56 Å². The van der Waals surface area contributed by atoms with Crippen molar-refractivity contribution in [3.63, 3.8) is 0 Å². The van der Waals surface area contributed by atoms with Gasteiger partial charge in [-0.05, 0) is 31.2 Å². The number of hydrogen-bond acceptors (Lipinski definition) is 4. The van der Waals surface area contributed by atoms with Crippen molar-refractivity contribution in [2.45, 2.75) is 31.7 Å². The normalized spacial score (nSPS) is 17.9. The SMILES string of the molecule is O=c1[nH]c(N2CCCC2CCc2ccccc2)nc2[nH]ncc12. The van der Waals surface area contributed by atoms with Crippen LogP contribution in [0.5, 0.6) is 0 Å². The minimum atomic E-state index is -0.132. The summed E-state index contributed by atoms with van der Waals surface area (Å²) >= 11 is 0. The molecule has 2 aromatic heterocycles. The Bertz CT molecular complexity index is 854. The molecule has 0 amide bonds. The number of aryl methyl sites for hydroxylation is 1. The van der Waals surface area contributed by atoms with Gasteiger partial charge in [0.1, 0.15) is 5.39 Å². The van der Waals surface area contributed by atoms with Gasteiger partial charge in [-0.1, -0.05) is 30.3 Å². The van der Waals surface area contributed by atoms with Gasteiger partial charge in [-0.2, -0.15) is 10.1 Å². The molecule has 1 fully saturated rings. The predicted molar refractivity (Wildman–Crippen MR) is 89.6 cm³/mol. The molecule has 3 heterocycles. The van der Waals surface area contributed by atoms with Gasteiger partial charge in [-0.3, -0.25) is 14.9 Å². The second kappa shape index (κ2) is 5.87. The third-order valence-electron chi connectivity index (χ3n) is 4.57. The zero-order valence-corrected chi connectivity index (χ0v) is 12.8. The van der Waals surface area contributed by atoms with Crippen molar-refractivity contribution in [1.29, 1.82) is 0 Å². The fraction of sp³-hybridized carbons (Fsp3) is 0.353. The second-order valence-electron chi connectivity index (χ2n) is 6.04. The Hall–Kier alpha value is -2.63. The number of nitrogens with one attached hydrogen (secondary N) is 2. The second-order valence-corrected chi connectivity index (χ2v) is 6.04. The van der Waals surface area contributed by atoms with Gasteiger partial charge < -0.3 is 4.90 Å². The number of H-pyrrole nitrogens is 2. The molecule has 4 rings (SSSR count). The summed E-state index contributed by atoms with van der Waals surface area (Å²) in [6, 6.07) is 10.9. The quantitative estimate of drug-likeness (QED) is 0.775. The van der Waals surface area contributed by atoms with Crippen LogP contribution in [0.25, 0.3) is 11.0 Å². The highest BCUT2D eigenvalue weighted by atomic mass is 16.1. The highest BCUT2D eigenvalue weighted by Crippen LogP contribution is 2.25. The average molecular weight is 309 g/mol. The van der Waals surface area contributed by atoms with E-state index in [1.807, 2.05) is 6.07 Å². The topological polar surface area (TPSA) is 77.7 Å². The predicted octanol–water partition coefficient (Wildman–Crippen LogP) is 2.25. The summed E-state index contributed by atoms with van der Waals surface area (Å²) in [4.78, 5) is 21.8. The van der Waals surface area contributed by atoms with Gasteiger partial charge in [0, 0.05) is 12.6 Å². The highest BCUT2D eigenvalue weighted by Gasteiger charge is 2.26. The number of aromatic amines is 2. The number of fused-ring (bicyclic) bond motifs is 1. The van der Waals surface area contributed by atoms with E-state index in [1.54, 1.807) is 0 Å². The van der Waals surface area contributed by atoms with E-state index in [2.05, 4.69) is 49.3 Å². The molecule has 23 heavy (non-hydrogen) atoms. The van der Waals surface area contributed by atoms with Gasteiger partial charge in [-0.25, -0.2) is 0 Å². The van der Waals surface area contributed by atoms with Gasteiger partial charge in [-0.15, -0.1) is 0 Å². The number of anilines is 1. The van der Waals surface area contributed by atoms with Gasteiger partial charge in [0.05, 0.1) is 6.20 Å². The van der Waals surface area contributed by atoms with E-state index in [9.17, 15) is 4.79 Å². The Balaban J connectivity index is 1.55. The molecule has 1 aromatic carbocycles. The van der Waals surface area contributed by atoms with Crippen LogP contribution in [-0.4, -0.2) is 32.8 Å². The third kappa shape index (κ3) is 2.72. The third-order valence-corrected chi connectivity index (χ3v) is 4.57. The number of benzene rings is 1. The number of hydrogen-bond donors (Lipinski definition) is 2. The molecule has 118 valence electrons. The first-order valence-electron chi connectivity index (χ1n) is 8.05. The van der Waals surface area contributed by atoms with E-state index in [0.717, 1.165) is 32.2 Å². The Kier molecular flexibility index (Phi) is 3.57. The Labute approximate surface area is 133 Å². The molecule has 1 atom stereocenters. The summed E-state index contributed by atoms with van der Waals surface area (Å²) in [6.45, 7) is 0.933. The van der Waals surface area contributed by atoms with Crippen molar-refractivity contribution in [2.24, 2.45) is 0 Å². The van der Waals surface area contributed by atoms with Crippen molar-refractivity contribution in [1.82, 2.24) is 20.2 Å². The average Bonchev–Trinajstić information content (AvgIpc) is 3.23. The lowest BCUT2D eigenvalue weighted by Crippen LogP contribution is -2.32. The molecule has 1 aliphatic rings. The van der Waals surface area contributed by atoms with Crippen LogP contribution in [0.1, 0.15) is 24.8 Å². The summed E-state index contributed by atoms with van der Waals surface area (Å²) in [5.41, 5.74) is 1.77. The van der Waals surface area contributed by atoms with Crippen LogP contribution in [0, 0.1) is 0 Å². The van der Waals surface area contributed by atoms with Crippen LogP contribution >= 0.6 is 0 Å². The first-order valence-corrected chi connectivity index (χ1v) is 8.05.